The lowest BCUT2D eigenvalue weighted by atomic mass is 10.2. The zero-order valence-electron chi connectivity index (χ0n) is 11.5. The summed E-state index contributed by atoms with van der Waals surface area (Å²) in [7, 11) is 3.16. The second-order valence-corrected chi connectivity index (χ2v) is 5.03. The average Bonchev–Trinajstić information content (AvgIpc) is 2.98. The Morgan fingerprint density at radius 1 is 1.25 bits per heavy atom. The molecule has 1 N–H and O–H groups in total. The topological polar surface area (TPSA) is 47.6 Å². The number of nitrogens with one attached hydrogen (secondary N) is 1. The van der Waals surface area contributed by atoms with E-state index in [-0.39, 0.29) is 5.91 Å². The number of carbonyl (C=O) groups is 1. The van der Waals surface area contributed by atoms with E-state index in [0.29, 0.717) is 23.6 Å². The molecule has 0 unspecified atom stereocenters. The van der Waals surface area contributed by atoms with E-state index < -0.39 is 0 Å². The summed E-state index contributed by atoms with van der Waals surface area (Å²) >= 11 is 1.64. The molecular weight excluding hydrogens is 274 g/mol. The van der Waals surface area contributed by atoms with Crippen molar-refractivity contribution in [3.8, 4) is 11.5 Å². The maximum Gasteiger partial charge on any atom is 0.224 e. The molecule has 106 valence electrons. The minimum absolute atomic E-state index is 0.0391. The monoisotopic (exact) mass is 291 g/mol. The molecule has 0 aliphatic rings. The molecule has 2 rings (SSSR count). The van der Waals surface area contributed by atoms with Crippen molar-refractivity contribution in [2.45, 2.75) is 12.8 Å². The standard InChI is InChI=1S/C15H17NO3S/c1-18-12-4-5-14(19-2)13(9-12)16-15(17)6-3-11-7-8-20-10-11/h4-5,7-10H,3,6H2,1-2H3,(H,16,17). The number of methoxy groups -OCH3 is 2. The summed E-state index contributed by atoms with van der Waals surface area (Å²) in [5, 5.41) is 6.93. The van der Waals surface area contributed by atoms with Crippen molar-refractivity contribution in [1.29, 1.82) is 0 Å². The van der Waals surface area contributed by atoms with Crippen LogP contribution in [0.1, 0.15) is 12.0 Å². The Morgan fingerprint density at radius 2 is 2.10 bits per heavy atom. The van der Waals surface area contributed by atoms with Crippen LogP contribution in [0.15, 0.2) is 35.0 Å². The summed E-state index contributed by atoms with van der Waals surface area (Å²) in [6.45, 7) is 0. The van der Waals surface area contributed by atoms with Gasteiger partial charge in [-0.05, 0) is 40.9 Å². The molecule has 1 amide bonds. The molecule has 0 saturated heterocycles. The Hall–Kier alpha value is -2.01. The molecule has 0 saturated carbocycles. The zero-order valence-corrected chi connectivity index (χ0v) is 12.3. The smallest absolute Gasteiger partial charge is 0.224 e. The number of benzene rings is 1. The Bertz CT molecular complexity index is 567. The normalized spacial score (nSPS) is 10.1. The van der Waals surface area contributed by atoms with Gasteiger partial charge in [-0.3, -0.25) is 4.79 Å². The molecule has 0 fully saturated rings. The summed E-state index contributed by atoms with van der Waals surface area (Å²) in [6, 6.07) is 7.35. The van der Waals surface area contributed by atoms with Gasteiger partial charge in [0.1, 0.15) is 11.5 Å². The van der Waals surface area contributed by atoms with Gasteiger partial charge in [0, 0.05) is 12.5 Å². The molecule has 1 aromatic carbocycles. The summed E-state index contributed by atoms with van der Waals surface area (Å²) in [5.74, 6) is 1.26. The van der Waals surface area contributed by atoms with Crippen molar-refractivity contribution in [2.24, 2.45) is 0 Å². The van der Waals surface area contributed by atoms with E-state index in [9.17, 15) is 4.79 Å². The van der Waals surface area contributed by atoms with E-state index in [1.807, 2.05) is 11.4 Å². The highest BCUT2D eigenvalue weighted by Gasteiger charge is 2.09. The molecule has 4 nitrogen and oxygen atoms in total. The van der Waals surface area contributed by atoms with Crippen LogP contribution in [0, 0.1) is 0 Å². The number of hydrogen-bond donors (Lipinski definition) is 1. The van der Waals surface area contributed by atoms with Crippen LogP contribution in [0.2, 0.25) is 0 Å². The van der Waals surface area contributed by atoms with Gasteiger partial charge in [0.2, 0.25) is 5.91 Å². The lowest BCUT2D eigenvalue weighted by Crippen LogP contribution is -2.13. The molecule has 0 atom stereocenters. The number of thiophene rings is 1. The fourth-order valence-electron chi connectivity index (χ4n) is 1.82. The van der Waals surface area contributed by atoms with E-state index in [0.717, 1.165) is 6.42 Å². The van der Waals surface area contributed by atoms with Crippen LogP contribution in [-0.2, 0) is 11.2 Å². The molecule has 0 spiro atoms. The van der Waals surface area contributed by atoms with Crippen molar-refractivity contribution in [3.05, 3.63) is 40.6 Å². The second-order valence-electron chi connectivity index (χ2n) is 4.25. The van der Waals surface area contributed by atoms with Gasteiger partial charge in [0.15, 0.2) is 0 Å². The summed E-state index contributed by atoms with van der Waals surface area (Å²) in [6.07, 6.45) is 1.18. The van der Waals surface area contributed by atoms with Crippen molar-refractivity contribution in [2.75, 3.05) is 19.5 Å². The molecule has 0 aliphatic carbocycles. The maximum absolute atomic E-state index is 12.0. The largest absolute Gasteiger partial charge is 0.497 e. The molecule has 0 bridgehead atoms. The Labute approximate surface area is 122 Å². The number of carbonyl (C=O) groups excluding carboxylic acids is 1. The van der Waals surface area contributed by atoms with Crippen LogP contribution in [0.25, 0.3) is 0 Å². The highest BCUT2D eigenvalue weighted by atomic mass is 32.1. The molecule has 2 aromatic rings. The number of aryl methyl sites for hydroxylation is 1. The lowest BCUT2D eigenvalue weighted by molar-refractivity contribution is -0.116. The second kappa shape index (κ2) is 6.96. The predicted molar refractivity (Wildman–Crippen MR) is 80.8 cm³/mol. The van der Waals surface area contributed by atoms with Crippen LogP contribution >= 0.6 is 11.3 Å². The van der Waals surface area contributed by atoms with Crippen LogP contribution in [0.3, 0.4) is 0 Å². The SMILES string of the molecule is COc1ccc(OC)c(NC(=O)CCc2ccsc2)c1. The molecule has 5 heteroatoms. The lowest BCUT2D eigenvalue weighted by Gasteiger charge is -2.11. The van der Waals surface area contributed by atoms with Crippen LogP contribution in [-0.4, -0.2) is 20.1 Å². The van der Waals surface area contributed by atoms with Crippen molar-refractivity contribution in [1.82, 2.24) is 0 Å². The van der Waals surface area contributed by atoms with E-state index in [1.165, 1.54) is 5.56 Å². The quantitative estimate of drug-likeness (QED) is 0.888. The number of anilines is 1. The van der Waals surface area contributed by atoms with Crippen molar-refractivity contribution >= 4 is 22.9 Å². The van der Waals surface area contributed by atoms with Gasteiger partial charge < -0.3 is 14.8 Å². The molecule has 20 heavy (non-hydrogen) atoms. The minimum atomic E-state index is -0.0391. The van der Waals surface area contributed by atoms with Gasteiger partial charge in [0.05, 0.1) is 19.9 Å². The highest BCUT2D eigenvalue weighted by molar-refractivity contribution is 7.07. The van der Waals surface area contributed by atoms with E-state index >= 15 is 0 Å². The fraction of sp³-hybridized carbons (Fsp3) is 0.267. The Balaban J connectivity index is 1.99. The van der Waals surface area contributed by atoms with Gasteiger partial charge in [-0.25, -0.2) is 0 Å². The van der Waals surface area contributed by atoms with E-state index in [4.69, 9.17) is 9.47 Å². The first-order chi connectivity index (χ1) is 9.72. The minimum Gasteiger partial charge on any atom is -0.497 e. The third-order valence-electron chi connectivity index (χ3n) is 2.90. The summed E-state index contributed by atoms with van der Waals surface area (Å²) < 4.78 is 10.4. The number of rotatable bonds is 6. The van der Waals surface area contributed by atoms with Crippen molar-refractivity contribution in [3.63, 3.8) is 0 Å². The summed E-state index contributed by atoms with van der Waals surface area (Å²) in [5.41, 5.74) is 1.81. The first-order valence-corrected chi connectivity index (χ1v) is 7.20. The molecule has 1 heterocycles. The first-order valence-electron chi connectivity index (χ1n) is 6.26. The maximum atomic E-state index is 12.0. The van der Waals surface area contributed by atoms with Crippen LogP contribution in [0.5, 0.6) is 11.5 Å². The number of hydrogen-bond acceptors (Lipinski definition) is 4. The van der Waals surface area contributed by atoms with Gasteiger partial charge in [-0.1, -0.05) is 0 Å². The Morgan fingerprint density at radius 3 is 2.75 bits per heavy atom. The molecule has 0 aliphatic heterocycles. The van der Waals surface area contributed by atoms with Crippen molar-refractivity contribution < 1.29 is 14.3 Å². The van der Waals surface area contributed by atoms with Gasteiger partial charge in [-0.15, -0.1) is 0 Å². The number of amides is 1. The third-order valence-corrected chi connectivity index (χ3v) is 3.63. The van der Waals surface area contributed by atoms with Gasteiger partial charge in [0.25, 0.3) is 0 Å². The molecular formula is C15H17NO3S. The highest BCUT2D eigenvalue weighted by Crippen LogP contribution is 2.29. The predicted octanol–water partition coefficient (Wildman–Crippen LogP) is 3.34. The third kappa shape index (κ3) is 3.74. The van der Waals surface area contributed by atoms with Crippen LogP contribution in [0.4, 0.5) is 5.69 Å². The van der Waals surface area contributed by atoms with Crippen LogP contribution < -0.4 is 14.8 Å². The first kappa shape index (κ1) is 14.4. The Kier molecular flexibility index (Phi) is 5.01. The average molecular weight is 291 g/mol. The van der Waals surface area contributed by atoms with Gasteiger partial charge in [-0.2, -0.15) is 11.3 Å². The zero-order chi connectivity index (χ0) is 14.4. The van der Waals surface area contributed by atoms with E-state index in [1.54, 1.807) is 43.8 Å². The number of ether oxygens (including phenoxy) is 2. The molecule has 0 radical (unpaired) electrons. The van der Waals surface area contributed by atoms with Gasteiger partial charge >= 0.3 is 0 Å². The van der Waals surface area contributed by atoms with E-state index in [2.05, 4.69) is 10.7 Å². The molecule has 1 aromatic heterocycles. The summed E-state index contributed by atoms with van der Waals surface area (Å²) in [4.78, 5) is 12.0. The fourth-order valence-corrected chi connectivity index (χ4v) is 2.52.